The Morgan fingerprint density at radius 2 is 1.57 bits per heavy atom. The molecule has 0 aromatic heterocycles. The van der Waals surface area contributed by atoms with Crippen molar-refractivity contribution in [3.05, 3.63) is 0 Å². The molecule has 1 aliphatic rings. The van der Waals surface area contributed by atoms with E-state index in [4.69, 9.17) is 0 Å². The van der Waals surface area contributed by atoms with Crippen molar-refractivity contribution in [3.8, 4) is 0 Å². The maximum Gasteiger partial charge on any atom is 0.0257 e. The molecular formula is C12H26N2. The molecule has 0 aromatic rings. The number of nitrogens with zero attached hydrogens (tertiary/aromatic N) is 1. The predicted molar refractivity (Wildman–Crippen MR) is 62.6 cm³/mol. The summed E-state index contributed by atoms with van der Waals surface area (Å²) < 4.78 is 0. The van der Waals surface area contributed by atoms with Crippen LogP contribution in [0.3, 0.4) is 0 Å². The second-order valence-electron chi connectivity index (χ2n) is 5.96. The standard InChI is InChI=1S/C12H26N2/c1-6-7-8-14-9-11(2,3)13-12(4,5)10-14/h13H,6-10H2,1-5H3. The summed E-state index contributed by atoms with van der Waals surface area (Å²) in [5, 5.41) is 3.70. The van der Waals surface area contributed by atoms with Gasteiger partial charge in [0.25, 0.3) is 0 Å². The molecule has 1 N–H and O–H groups in total. The fourth-order valence-electron chi connectivity index (χ4n) is 2.71. The van der Waals surface area contributed by atoms with Gasteiger partial charge in [-0.25, -0.2) is 0 Å². The first-order chi connectivity index (χ1) is 6.35. The smallest absolute Gasteiger partial charge is 0.0257 e. The number of nitrogens with one attached hydrogen (secondary N) is 1. The van der Waals surface area contributed by atoms with Crippen molar-refractivity contribution in [2.75, 3.05) is 19.6 Å². The lowest BCUT2D eigenvalue weighted by atomic mass is 9.91. The second kappa shape index (κ2) is 4.19. The van der Waals surface area contributed by atoms with Gasteiger partial charge in [0, 0.05) is 24.2 Å². The Bertz CT molecular complexity index is 169. The number of piperazine rings is 1. The number of rotatable bonds is 3. The van der Waals surface area contributed by atoms with Crippen molar-refractivity contribution in [3.63, 3.8) is 0 Å². The average Bonchev–Trinajstić information content (AvgIpc) is 1.94. The average molecular weight is 198 g/mol. The molecule has 2 nitrogen and oxygen atoms in total. The van der Waals surface area contributed by atoms with Crippen LogP contribution in [-0.4, -0.2) is 35.6 Å². The highest BCUT2D eigenvalue weighted by Crippen LogP contribution is 2.20. The molecule has 0 bridgehead atoms. The molecule has 1 heterocycles. The molecule has 14 heavy (non-hydrogen) atoms. The first-order valence-corrected chi connectivity index (χ1v) is 5.86. The molecule has 0 amide bonds. The van der Waals surface area contributed by atoms with Gasteiger partial charge < -0.3 is 5.32 Å². The zero-order valence-electron chi connectivity index (χ0n) is 10.5. The van der Waals surface area contributed by atoms with Crippen LogP contribution in [0.15, 0.2) is 0 Å². The van der Waals surface area contributed by atoms with Crippen molar-refractivity contribution in [2.24, 2.45) is 0 Å². The summed E-state index contributed by atoms with van der Waals surface area (Å²) >= 11 is 0. The van der Waals surface area contributed by atoms with Crippen molar-refractivity contribution in [1.82, 2.24) is 10.2 Å². The molecule has 1 aliphatic heterocycles. The van der Waals surface area contributed by atoms with Gasteiger partial charge in [-0.3, -0.25) is 4.90 Å². The largest absolute Gasteiger partial charge is 0.304 e. The van der Waals surface area contributed by atoms with Crippen molar-refractivity contribution in [2.45, 2.75) is 58.5 Å². The van der Waals surface area contributed by atoms with Gasteiger partial charge in [-0.15, -0.1) is 0 Å². The molecule has 84 valence electrons. The minimum Gasteiger partial charge on any atom is -0.304 e. The molecule has 1 fully saturated rings. The Labute approximate surface area is 89.1 Å². The summed E-state index contributed by atoms with van der Waals surface area (Å²) in [6, 6.07) is 0. The molecule has 0 aromatic carbocycles. The Hall–Kier alpha value is -0.0800. The van der Waals surface area contributed by atoms with Gasteiger partial charge >= 0.3 is 0 Å². The van der Waals surface area contributed by atoms with E-state index in [1.807, 2.05) is 0 Å². The fraction of sp³-hybridized carbons (Fsp3) is 1.00. The molecule has 0 unspecified atom stereocenters. The Balaban J connectivity index is 2.53. The third kappa shape index (κ3) is 3.58. The Kier molecular flexibility index (Phi) is 3.59. The van der Waals surface area contributed by atoms with E-state index in [0.717, 1.165) is 0 Å². The number of unbranched alkanes of at least 4 members (excludes halogenated alkanes) is 1. The highest BCUT2D eigenvalue weighted by molar-refractivity contribution is 4.97. The maximum atomic E-state index is 3.70. The molecule has 1 saturated heterocycles. The summed E-state index contributed by atoms with van der Waals surface area (Å²) in [5.41, 5.74) is 0.519. The van der Waals surface area contributed by atoms with Gasteiger partial charge in [-0.05, 0) is 40.7 Å². The van der Waals surface area contributed by atoms with Gasteiger partial charge in [0.15, 0.2) is 0 Å². The van der Waals surface area contributed by atoms with Crippen LogP contribution in [0.2, 0.25) is 0 Å². The third-order valence-electron chi connectivity index (χ3n) is 2.74. The van der Waals surface area contributed by atoms with E-state index in [1.54, 1.807) is 0 Å². The van der Waals surface area contributed by atoms with E-state index in [1.165, 1.54) is 32.5 Å². The minimum atomic E-state index is 0.259. The van der Waals surface area contributed by atoms with Gasteiger partial charge in [-0.1, -0.05) is 13.3 Å². The van der Waals surface area contributed by atoms with E-state index in [-0.39, 0.29) is 11.1 Å². The third-order valence-corrected chi connectivity index (χ3v) is 2.74. The Morgan fingerprint density at radius 3 is 2.00 bits per heavy atom. The van der Waals surface area contributed by atoms with Crippen LogP contribution < -0.4 is 5.32 Å². The number of hydrogen-bond acceptors (Lipinski definition) is 2. The Morgan fingerprint density at radius 1 is 1.07 bits per heavy atom. The maximum absolute atomic E-state index is 3.70. The SMILES string of the molecule is CCCCN1CC(C)(C)NC(C)(C)C1. The topological polar surface area (TPSA) is 15.3 Å². The fourth-order valence-corrected chi connectivity index (χ4v) is 2.71. The quantitative estimate of drug-likeness (QED) is 0.748. The minimum absolute atomic E-state index is 0.259. The van der Waals surface area contributed by atoms with Crippen molar-refractivity contribution < 1.29 is 0 Å². The van der Waals surface area contributed by atoms with Crippen LogP contribution in [-0.2, 0) is 0 Å². The van der Waals surface area contributed by atoms with Gasteiger partial charge in [-0.2, -0.15) is 0 Å². The van der Waals surface area contributed by atoms with E-state index in [0.29, 0.717) is 0 Å². The first-order valence-electron chi connectivity index (χ1n) is 5.86. The molecule has 0 atom stereocenters. The van der Waals surface area contributed by atoms with Gasteiger partial charge in [0.1, 0.15) is 0 Å². The van der Waals surface area contributed by atoms with E-state index < -0.39 is 0 Å². The van der Waals surface area contributed by atoms with Crippen LogP contribution in [0.5, 0.6) is 0 Å². The van der Waals surface area contributed by atoms with Gasteiger partial charge in [0.2, 0.25) is 0 Å². The zero-order valence-corrected chi connectivity index (χ0v) is 10.5. The summed E-state index contributed by atoms with van der Waals surface area (Å²) in [7, 11) is 0. The monoisotopic (exact) mass is 198 g/mol. The molecule has 1 rings (SSSR count). The predicted octanol–water partition coefficient (Wildman–Crippen LogP) is 2.25. The lowest BCUT2D eigenvalue weighted by Gasteiger charge is -2.48. The lowest BCUT2D eigenvalue weighted by Crippen LogP contribution is -2.66. The molecule has 0 spiro atoms. The van der Waals surface area contributed by atoms with Crippen LogP contribution in [0.25, 0.3) is 0 Å². The summed E-state index contributed by atoms with van der Waals surface area (Å²) in [6.45, 7) is 15.1. The van der Waals surface area contributed by atoms with E-state index in [9.17, 15) is 0 Å². The lowest BCUT2D eigenvalue weighted by molar-refractivity contribution is 0.0773. The summed E-state index contributed by atoms with van der Waals surface area (Å²) in [6.07, 6.45) is 2.62. The first kappa shape index (κ1) is 12.0. The molecular weight excluding hydrogens is 172 g/mol. The highest BCUT2D eigenvalue weighted by Gasteiger charge is 2.35. The molecule has 2 heteroatoms. The van der Waals surface area contributed by atoms with Crippen LogP contribution >= 0.6 is 0 Å². The summed E-state index contributed by atoms with van der Waals surface area (Å²) in [5.74, 6) is 0. The van der Waals surface area contributed by atoms with Crippen molar-refractivity contribution >= 4 is 0 Å². The van der Waals surface area contributed by atoms with Gasteiger partial charge in [0.05, 0.1) is 0 Å². The van der Waals surface area contributed by atoms with Crippen LogP contribution in [0.1, 0.15) is 47.5 Å². The normalized spacial score (nSPS) is 26.4. The zero-order chi connectivity index (χ0) is 10.8. The molecule has 0 radical (unpaired) electrons. The highest BCUT2D eigenvalue weighted by atomic mass is 15.3. The number of hydrogen-bond donors (Lipinski definition) is 1. The van der Waals surface area contributed by atoms with E-state index in [2.05, 4.69) is 44.8 Å². The second-order valence-corrected chi connectivity index (χ2v) is 5.96. The van der Waals surface area contributed by atoms with Crippen LogP contribution in [0, 0.1) is 0 Å². The van der Waals surface area contributed by atoms with Crippen LogP contribution in [0.4, 0.5) is 0 Å². The van der Waals surface area contributed by atoms with E-state index >= 15 is 0 Å². The molecule has 0 aliphatic carbocycles. The van der Waals surface area contributed by atoms with Crippen molar-refractivity contribution in [1.29, 1.82) is 0 Å². The summed E-state index contributed by atoms with van der Waals surface area (Å²) in [4.78, 5) is 2.60. The molecule has 0 saturated carbocycles.